The van der Waals surface area contributed by atoms with Crippen LogP contribution in [0.15, 0.2) is 42.5 Å². The van der Waals surface area contributed by atoms with Crippen molar-refractivity contribution in [2.45, 2.75) is 13.8 Å². The lowest BCUT2D eigenvalue weighted by atomic mass is 10.1. The van der Waals surface area contributed by atoms with Gasteiger partial charge in [-0.25, -0.2) is 0 Å². The molecule has 0 aromatic heterocycles. The van der Waals surface area contributed by atoms with Gasteiger partial charge in [0.15, 0.2) is 0 Å². The minimum absolute atomic E-state index is 0.123. The maximum atomic E-state index is 12.6. The number of hydrogen-bond donors (Lipinski definition) is 2. The molecule has 2 aromatic carbocycles. The molecule has 0 bridgehead atoms. The van der Waals surface area contributed by atoms with E-state index in [-0.39, 0.29) is 17.2 Å². The van der Waals surface area contributed by atoms with Gasteiger partial charge >= 0.3 is 0 Å². The van der Waals surface area contributed by atoms with Gasteiger partial charge in [-0.3, -0.25) is 19.7 Å². The maximum Gasteiger partial charge on any atom is 0.270 e. The van der Waals surface area contributed by atoms with Crippen LogP contribution in [-0.2, 0) is 0 Å². The minimum Gasteiger partial charge on any atom is -0.387 e. The Balaban J connectivity index is 2.29. The van der Waals surface area contributed by atoms with Gasteiger partial charge in [0.05, 0.1) is 10.5 Å². The first-order valence-electron chi connectivity index (χ1n) is 8.58. The van der Waals surface area contributed by atoms with E-state index >= 15 is 0 Å². The molecule has 0 unspecified atom stereocenters. The second-order valence-electron chi connectivity index (χ2n) is 5.75. The smallest absolute Gasteiger partial charge is 0.270 e. The van der Waals surface area contributed by atoms with E-state index in [1.165, 1.54) is 18.2 Å². The Bertz CT molecular complexity index is 863. The first-order chi connectivity index (χ1) is 12.9. The third-order valence-corrected chi connectivity index (χ3v) is 4.15. The highest BCUT2D eigenvalue weighted by Gasteiger charge is 2.18. The van der Waals surface area contributed by atoms with E-state index in [0.29, 0.717) is 30.0 Å². The fourth-order valence-electron chi connectivity index (χ4n) is 2.67. The van der Waals surface area contributed by atoms with Crippen LogP contribution in [0.1, 0.15) is 34.6 Å². The van der Waals surface area contributed by atoms with Crippen LogP contribution >= 0.6 is 0 Å². The van der Waals surface area contributed by atoms with E-state index in [0.717, 1.165) is 0 Å². The molecule has 0 aliphatic heterocycles. The molecule has 0 atom stereocenters. The molecule has 8 nitrogen and oxygen atoms in total. The largest absolute Gasteiger partial charge is 0.387 e. The fourth-order valence-corrected chi connectivity index (χ4v) is 2.67. The number of anilines is 2. The predicted molar refractivity (Wildman–Crippen MR) is 104 cm³/mol. The zero-order valence-corrected chi connectivity index (χ0v) is 15.5. The summed E-state index contributed by atoms with van der Waals surface area (Å²) in [5, 5.41) is 16.5. The number of non-ortho nitro benzene ring substituents is 1. The summed E-state index contributed by atoms with van der Waals surface area (Å²) >= 11 is 0. The lowest BCUT2D eigenvalue weighted by molar-refractivity contribution is -0.384. The van der Waals surface area contributed by atoms with Gasteiger partial charge < -0.3 is 15.5 Å². The number of benzene rings is 2. The summed E-state index contributed by atoms with van der Waals surface area (Å²) in [6.45, 7) is 4.97. The molecule has 142 valence electrons. The second-order valence-corrected chi connectivity index (χ2v) is 5.75. The van der Waals surface area contributed by atoms with Gasteiger partial charge in [-0.15, -0.1) is 0 Å². The van der Waals surface area contributed by atoms with E-state index in [4.69, 9.17) is 0 Å². The standard InChI is InChI=1S/C19H22N4O4/c1-4-22(5-2)19(25)13-7-6-8-14(11-13)21-18(24)16-12-15(23(26)27)9-10-17(16)20-3/h6-12,20H,4-5H2,1-3H3,(H,21,24). The molecule has 2 amide bonds. The number of nitrogens with one attached hydrogen (secondary N) is 2. The SMILES string of the molecule is CCN(CC)C(=O)c1cccc(NC(=O)c2cc([N+](=O)[O-])ccc2NC)c1. The van der Waals surface area contributed by atoms with Gasteiger partial charge in [-0.05, 0) is 38.1 Å². The summed E-state index contributed by atoms with van der Waals surface area (Å²) in [5.74, 6) is -0.627. The Morgan fingerprint density at radius 2 is 1.81 bits per heavy atom. The quantitative estimate of drug-likeness (QED) is 0.574. The van der Waals surface area contributed by atoms with Crippen molar-refractivity contribution < 1.29 is 14.5 Å². The molecule has 0 fully saturated rings. The maximum absolute atomic E-state index is 12.6. The average Bonchev–Trinajstić information content (AvgIpc) is 2.68. The van der Waals surface area contributed by atoms with Crippen molar-refractivity contribution in [1.29, 1.82) is 0 Å². The van der Waals surface area contributed by atoms with Crippen molar-refractivity contribution in [3.05, 3.63) is 63.7 Å². The van der Waals surface area contributed by atoms with Crippen LogP contribution in [0, 0.1) is 10.1 Å². The van der Waals surface area contributed by atoms with Crippen molar-refractivity contribution in [3.8, 4) is 0 Å². The van der Waals surface area contributed by atoms with Crippen LogP contribution in [-0.4, -0.2) is 41.8 Å². The van der Waals surface area contributed by atoms with Crippen LogP contribution < -0.4 is 10.6 Å². The fraction of sp³-hybridized carbons (Fsp3) is 0.263. The first kappa shape index (κ1) is 19.9. The second kappa shape index (κ2) is 8.79. The number of nitro benzene ring substituents is 1. The number of carbonyl (C=O) groups excluding carboxylic acids is 2. The van der Waals surface area contributed by atoms with Crippen LogP contribution in [0.3, 0.4) is 0 Å². The van der Waals surface area contributed by atoms with E-state index in [1.807, 2.05) is 13.8 Å². The number of nitro groups is 1. The van der Waals surface area contributed by atoms with Gasteiger partial charge in [0, 0.05) is 49.2 Å². The monoisotopic (exact) mass is 370 g/mol. The summed E-state index contributed by atoms with van der Waals surface area (Å²) in [6, 6.07) is 10.6. The van der Waals surface area contributed by atoms with Crippen LogP contribution in [0.25, 0.3) is 0 Å². The summed E-state index contributed by atoms with van der Waals surface area (Å²) < 4.78 is 0. The number of hydrogen-bond acceptors (Lipinski definition) is 5. The Kier molecular flexibility index (Phi) is 6.48. The van der Waals surface area contributed by atoms with Gasteiger partial charge in [-0.1, -0.05) is 6.07 Å². The summed E-state index contributed by atoms with van der Waals surface area (Å²) in [6.07, 6.45) is 0. The van der Waals surface area contributed by atoms with E-state index in [1.54, 1.807) is 36.2 Å². The van der Waals surface area contributed by atoms with Crippen LogP contribution in [0.2, 0.25) is 0 Å². The van der Waals surface area contributed by atoms with Gasteiger partial charge in [-0.2, -0.15) is 0 Å². The molecule has 2 rings (SSSR count). The van der Waals surface area contributed by atoms with Crippen molar-refractivity contribution in [2.24, 2.45) is 0 Å². The van der Waals surface area contributed by atoms with Crippen molar-refractivity contribution in [2.75, 3.05) is 30.8 Å². The van der Waals surface area contributed by atoms with Crippen LogP contribution in [0.4, 0.5) is 17.1 Å². The Morgan fingerprint density at radius 3 is 2.41 bits per heavy atom. The lowest BCUT2D eigenvalue weighted by Gasteiger charge is -2.19. The normalized spacial score (nSPS) is 10.2. The van der Waals surface area contributed by atoms with Crippen LogP contribution in [0.5, 0.6) is 0 Å². The third-order valence-electron chi connectivity index (χ3n) is 4.15. The summed E-state index contributed by atoms with van der Waals surface area (Å²) in [7, 11) is 1.63. The number of amides is 2. The Morgan fingerprint density at radius 1 is 1.11 bits per heavy atom. The highest BCUT2D eigenvalue weighted by Crippen LogP contribution is 2.23. The van der Waals surface area contributed by atoms with E-state index in [2.05, 4.69) is 10.6 Å². The highest BCUT2D eigenvalue weighted by molar-refractivity contribution is 6.09. The molecule has 0 aliphatic rings. The molecule has 0 heterocycles. The molecule has 27 heavy (non-hydrogen) atoms. The molecule has 0 spiro atoms. The Labute approximate surface area is 157 Å². The zero-order chi connectivity index (χ0) is 20.0. The Hall–Kier alpha value is -3.42. The third kappa shape index (κ3) is 4.60. The van der Waals surface area contributed by atoms with Crippen molar-refractivity contribution >= 4 is 28.9 Å². The average molecular weight is 370 g/mol. The van der Waals surface area contributed by atoms with E-state index < -0.39 is 10.8 Å². The molecule has 0 radical (unpaired) electrons. The topological polar surface area (TPSA) is 105 Å². The summed E-state index contributed by atoms with van der Waals surface area (Å²) in [5.41, 5.74) is 1.33. The van der Waals surface area contributed by atoms with Gasteiger partial charge in [0.1, 0.15) is 0 Å². The molecule has 0 saturated carbocycles. The molecule has 2 aromatic rings. The predicted octanol–water partition coefficient (Wildman–Crippen LogP) is 3.37. The zero-order valence-electron chi connectivity index (χ0n) is 15.5. The lowest BCUT2D eigenvalue weighted by Crippen LogP contribution is -2.30. The number of carbonyl (C=O) groups is 2. The number of rotatable bonds is 7. The number of nitrogens with zero attached hydrogens (tertiary/aromatic N) is 2. The molecule has 0 saturated heterocycles. The van der Waals surface area contributed by atoms with Gasteiger partial charge in [0.25, 0.3) is 17.5 Å². The van der Waals surface area contributed by atoms with Gasteiger partial charge in [0.2, 0.25) is 0 Å². The summed E-state index contributed by atoms with van der Waals surface area (Å²) in [4.78, 5) is 37.2. The first-order valence-corrected chi connectivity index (χ1v) is 8.58. The molecule has 2 N–H and O–H groups in total. The van der Waals surface area contributed by atoms with E-state index in [9.17, 15) is 19.7 Å². The molecular formula is C19H22N4O4. The molecule has 8 heteroatoms. The molecular weight excluding hydrogens is 348 g/mol. The minimum atomic E-state index is -0.556. The van der Waals surface area contributed by atoms with Crippen molar-refractivity contribution in [3.63, 3.8) is 0 Å². The van der Waals surface area contributed by atoms with Crippen molar-refractivity contribution in [1.82, 2.24) is 4.90 Å². The highest BCUT2D eigenvalue weighted by atomic mass is 16.6. The molecule has 0 aliphatic carbocycles.